The van der Waals surface area contributed by atoms with Crippen LogP contribution in [0.25, 0.3) is 0 Å². The minimum absolute atomic E-state index is 0.104. The SMILES string of the molecule is CSCC[C@@H](N)C(=O)NC1COCC1(C)C(=O)O. The lowest BCUT2D eigenvalue weighted by atomic mass is 9.85. The molecule has 1 amide bonds. The molecule has 0 aromatic rings. The highest BCUT2D eigenvalue weighted by molar-refractivity contribution is 7.98. The number of carbonyl (C=O) groups is 2. The van der Waals surface area contributed by atoms with E-state index >= 15 is 0 Å². The van der Waals surface area contributed by atoms with Crippen LogP contribution in [-0.2, 0) is 14.3 Å². The lowest BCUT2D eigenvalue weighted by molar-refractivity contribution is -0.149. The number of nitrogens with two attached hydrogens (primary N) is 1. The van der Waals surface area contributed by atoms with Gasteiger partial charge in [-0.15, -0.1) is 0 Å². The molecule has 18 heavy (non-hydrogen) atoms. The number of aliphatic carboxylic acids is 1. The van der Waals surface area contributed by atoms with Gasteiger partial charge in [0.15, 0.2) is 0 Å². The van der Waals surface area contributed by atoms with E-state index in [9.17, 15) is 9.59 Å². The first-order valence-electron chi connectivity index (χ1n) is 5.78. The number of thioether (sulfide) groups is 1. The fourth-order valence-corrected chi connectivity index (χ4v) is 2.23. The van der Waals surface area contributed by atoms with Crippen molar-refractivity contribution in [3.05, 3.63) is 0 Å². The van der Waals surface area contributed by atoms with Gasteiger partial charge >= 0.3 is 5.97 Å². The highest BCUT2D eigenvalue weighted by Gasteiger charge is 2.47. The van der Waals surface area contributed by atoms with E-state index in [2.05, 4.69) is 5.32 Å². The summed E-state index contributed by atoms with van der Waals surface area (Å²) in [4.78, 5) is 23.0. The molecule has 0 aromatic heterocycles. The monoisotopic (exact) mass is 276 g/mol. The molecule has 1 saturated heterocycles. The molecule has 0 aliphatic carbocycles. The third-order valence-corrected chi connectivity index (χ3v) is 3.87. The van der Waals surface area contributed by atoms with Gasteiger partial charge in [0.25, 0.3) is 0 Å². The zero-order valence-electron chi connectivity index (χ0n) is 10.6. The lowest BCUT2D eigenvalue weighted by Gasteiger charge is -2.26. The molecule has 1 heterocycles. The van der Waals surface area contributed by atoms with Gasteiger partial charge in [-0.25, -0.2) is 0 Å². The molecule has 0 aromatic carbocycles. The van der Waals surface area contributed by atoms with Crippen LogP contribution >= 0.6 is 11.8 Å². The third kappa shape index (κ3) is 3.37. The van der Waals surface area contributed by atoms with Gasteiger partial charge in [0.05, 0.1) is 25.3 Å². The summed E-state index contributed by atoms with van der Waals surface area (Å²) >= 11 is 1.62. The van der Waals surface area contributed by atoms with Crippen molar-refractivity contribution in [3.63, 3.8) is 0 Å². The molecule has 1 fully saturated rings. The summed E-state index contributed by atoms with van der Waals surface area (Å²) in [6, 6.07) is -1.13. The number of amides is 1. The van der Waals surface area contributed by atoms with E-state index in [1.807, 2.05) is 6.26 Å². The first kappa shape index (κ1) is 15.3. The number of carboxylic acids is 1. The number of carboxylic acid groups (broad SMARTS) is 1. The van der Waals surface area contributed by atoms with Crippen molar-refractivity contribution in [1.29, 1.82) is 0 Å². The maximum atomic E-state index is 11.8. The number of hydrogen-bond donors (Lipinski definition) is 3. The van der Waals surface area contributed by atoms with E-state index in [0.29, 0.717) is 6.42 Å². The first-order chi connectivity index (χ1) is 8.41. The fourth-order valence-electron chi connectivity index (χ4n) is 1.74. The fraction of sp³-hybridized carbons (Fsp3) is 0.818. The average molecular weight is 276 g/mol. The molecule has 6 nitrogen and oxygen atoms in total. The molecular formula is C11H20N2O4S. The van der Waals surface area contributed by atoms with Crippen LogP contribution in [0.5, 0.6) is 0 Å². The number of carbonyl (C=O) groups excluding carboxylic acids is 1. The molecule has 1 aliphatic rings. The van der Waals surface area contributed by atoms with Crippen LogP contribution in [0.1, 0.15) is 13.3 Å². The number of nitrogens with one attached hydrogen (secondary N) is 1. The summed E-state index contributed by atoms with van der Waals surface area (Å²) in [6.07, 6.45) is 2.52. The molecule has 1 aliphatic heterocycles. The lowest BCUT2D eigenvalue weighted by Crippen LogP contribution is -2.53. The summed E-state index contributed by atoms with van der Waals surface area (Å²) in [6.45, 7) is 1.89. The molecule has 7 heteroatoms. The van der Waals surface area contributed by atoms with Crippen LogP contribution in [-0.4, -0.2) is 54.3 Å². The van der Waals surface area contributed by atoms with Crippen LogP contribution in [0.15, 0.2) is 0 Å². The summed E-state index contributed by atoms with van der Waals surface area (Å²) in [5, 5.41) is 11.9. The minimum atomic E-state index is -1.07. The Morgan fingerprint density at radius 2 is 2.33 bits per heavy atom. The Balaban J connectivity index is 2.56. The zero-order valence-corrected chi connectivity index (χ0v) is 11.5. The molecule has 0 saturated carbocycles. The third-order valence-electron chi connectivity index (χ3n) is 3.23. The Morgan fingerprint density at radius 3 is 2.89 bits per heavy atom. The van der Waals surface area contributed by atoms with E-state index in [1.54, 1.807) is 18.7 Å². The molecule has 0 spiro atoms. The van der Waals surface area contributed by atoms with E-state index < -0.39 is 23.5 Å². The minimum Gasteiger partial charge on any atom is -0.481 e. The first-order valence-corrected chi connectivity index (χ1v) is 7.17. The van der Waals surface area contributed by atoms with Gasteiger partial charge in [0.2, 0.25) is 5.91 Å². The summed E-state index contributed by atoms with van der Waals surface area (Å²) in [5.74, 6) is -0.485. The molecule has 0 bridgehead atoms. The Kier molecular flexibility index (Phi) is 5.43. The Labute approximate surface area is 111 Å². The molecule has 3 atom stereocenters. The van der Waals surface area contributed by atoms with Crippen LogP contribution in [0, 0.1) is 5.41 Å². The van der Waals surface area contributed by atoms with E-state index in [0.717, 1.165) is 5.75 Å². The quantitative estimate of drug-likeness (QED) is 0.614. The maximum Gasteiger partial charge on any atom is 0.313 e. The van der Waals surface area contributed by atoms with Crippen molar-refractivity contribution in [2.75, 3.05) is 25.2 Å². The van der Waals surface area contributed by atoms with E-state index in [-0.39, 0.29) is 19.1 Å². The Morgan fingerprint density at radius 1 is 1.67 bits per heavy atom. The van der Waals surface area contributed by atoms with Crippen molar-refractivity contribution in [1.82, 2.24) is 5.32 Å². The van der Waals surface area contributed by atoms with Crippen molar-refractivity contribution in [2.45, 2.75) is 25.4 Å². The second kappa shape index (κ2) is 6.40. The molecule has 2 unspecified atom stereocenters. The largest absolute Gasteiger partial charge is 0.481 e. The Bertz CT molecular complexity index is 326. The standard InChI is InChI=1S/C11H20N2O4S/c1-11(10(15)16)6-17-5-8(11)13-9(14)7(12)3-4-18-2/h7-8H,3-6,12H2,1-2H3,(H,13,14)(H,15,16)/t7-,8?,11?/m1/s1. The second-order valence-electron chi connectivity index (χ2n) is 4.69. The number of hydrogen-bond acceptors (Lipinski definition) is 5. The molecule has 0 radical (unpaired) electrons. The van der Waals surface area contributed by atoms with Crippen LogP contribution in [0.2, 0.25) is 0 Å². The van der Waals surface area contributed by atoms with E-state index in [4.69, 9.17) is 15.6 Å². The topological polar surface area (TPSA) is 102 Å². The summed E-state index contributed by atoms with van der Waals surface area (Å²) < 4.78 is 5.16. The predicted molar refractivity (Wildman–Crippen MR) is 69.5 cm³/mol. The van der Waals surface area contributed by atoms with Gasteiger partial charge in [-0.3, -0.25) is 9.59 Å². The zero-order chi connectivity index (χ0) is 13.8. The van der Waals surface area contributed by atoms with Gasteiger partial charge in [-0.2, -0.15) is 11.8 Å². The second-order valence-corrected chi connectivity index (χ2v) is 5.67. The number of ether oxygens (including phenoxy) is 1. The number of rotatable bonds is 6. The smallest absolute Gasteiger partial charge is 0.313 e. The van der Waals surface area contributed by atoms with Crippen molar-refractivity contribution < 1.29 is 19.4 Å². The van der Waals surface area contributed by atoms with Crippen molar-refractivity contribution in [3.8, 4) is 0 Å². The summed E-state index contributed by atoms with van der Waals surface area (Å²) in [5.41, 5.74) is 4.66. The maximum absolute atomic E-state index is 11.8. The molecular weight excluding hydrogens is 256 g/mol. The van der Waals surface area contributed by atoms with Crippen LogP contribution in [0.3, 0.4) is 0 Å². The molecule has 104 valence electrons. The van der Waals surface area contributed by atoms with Gasteiger partial charge in [-0.05, 0) is 25.4 Å². The average Bonchev–Trinajstić information content (AvgIpc) is 2.69. The molecule has 4 N–H and O–H groups in total. The van der Waals surface area contributed by atoms with Gasteiger partial charge in [0, 0.05) is 0 Å². The predicted octanol–water partition coefficient (Wildman–Crippen LogP) is -0.327. The molecule has 1 rings (SSSR count). The van der Waals surface area contributed by atoms with Crippen LogP contribution in [0.4, 0.5) is 0 Å². The van der Waals surface area contributed by atoms with Crippen molar-refractivity contribution >= 4 is 23.6 Å². The van der Waals surface area contributed by atoms with Gasteiger partial charge in [0.1, 0.15) is 5.41 Å². The Hall–Kier alpha value is -0.790. The highest BCUT2D eigenvalue weighted by atomic mass is 32.2. The van der Waals surface area contributed by atoms with Gasteiger partial charge in [-0.1, -0.05) is 0 Å². The van der Waals surface area contributed by atoms with Crippen molar-refractivity contribution in [2.24, 2.45) is 11.1 Å². The normalized spacial score (nSPS) is 28.9. The van der Waals surface area contributed by atoms with Crippen LogP contribution < -0.4 is 11.1 Å². The highest BCUT2D eigenvalue weighted by Crippen LogP contribution is 2.28. The van der Waals surface area contributed by atoms with Gasteiger partial charge < -0.3 is 20.9 Å². The summed E-state index contributed by atoms with van der Waals surface area (Å²) in [7, 11) is 0. The van der Waals surface area contributed by atoms with E-state index in [1.165, 1.54) is 0 Å².